The third kappa shape index (κ3) is 62.9. The molecule has 0 aliphatic heterocycles. The molecule has 5 atom stereocenters. The van der Waals surface area contributed by atoms with Gasteiger partial charge in [0.15, 0.2) is 0 Å². The van der Waals surface area contributed by atoms with Crippen LogP contribution < -0.4 is 41.9 Å². The smallest absolute Gasteiger partial charge is 0.320 e. The average molecular weight is 2290 g/mol. The molecule has 0 heterocycles. The Morgan fingerprint density at radius 2 is 0.541 bits per heavy atom. The molecule has 0 spiro atoms. The topological polar surface area (TPSA) is 351 Å². The van der Waals surface area contributed by atoms with Crippen LogP contribution in [-0.4, -0.2) is 114 Å². The Bertz CT molecular complexity index is 4420. The first-order valence-electron chi connectivity index (χ1n) is 56.4. The van der Waals surface area contributed by atoms with Crippen LogP contribution in [0.5, 0.6) is 40.2 Å². The Morgan fingerprint density at radius 3 is 0.764 bits per heavy atom. The van der Waals surface area contributed by atoms with Crippen molar-refractivity contribution in [1.82, 2.24) is 0 Å². The van der Waals surface area contributed by atoms with E-state index >= 15 is 0 Å². The minimum Gasteiger partial charge on any atom is -0.508 e. The Labute approximate surface area is 943 Å². The zero-order chi connectivity index (χ0) is 108. The number of benzene rings is 7. The van der Waals surface area contributed by atoms with Crippen molar-refractivity contribution in [2.75, 3.05) is 37.5 Å². The van der Waals surface area contributed by atoms with Crippen LogP contribution in [0.15, 0.2) is 127 Å². The standard InChI is InChI=1S/C21H32O3.2C21H34O.C20H33NO.C11H14O3.C10H19Br.C10H13NO3.C9H12N2O3.C3H6.Ni.Pr/c1-16-14-19(15-17(2)21(22)23)11-12-20(16)24-13-7-6-10-18-8-4-3-5-9-18;2*1-17(2)15-20-12-13-21(18(3)16-20)22-14-8-7-11-19-9-5-4-6-10-19;1-16-14-19(15-17(2)21)11-12-20(16)22-13-7-6-10-18-8-4-3-5-9-18;1-7-5-9(3-4-10(7)12)6-8(2)11(13)14;11-9-5-4-8-10-6-2-1-3-7-10;1-6-4-7(2-3-9(6)12)5-8(11)10(13)14;10-6-3-5(1-2-8(6)12)4-7(11)9(13)14;1-3-2;;/h11-12,14,17-18H,3-10,13,15H2,1-2H3,(H,22,23);2*12-13,16-17,19H,4-11,14-15H2,1-3H3;11-12,14,17-18H,3-10,13,15,21H2,1-2H3;3-5,8,12H,6H2,1-2H3,(H,13,14);10H,1-9H2;2-4,8,12H,5,11H2,1H3,(H,13,14);1-3,7,12H,4,10-11H2,(H,13,14);1-2H3;;. The van der Waals surface area contributed by atoms with Crippen LogP contribution in [0.2, 0.25) is 0 Å². The molecule has 1 radical (unpaired) electrons. The molecule has 5 aliphatic rings. The Kier molecular flexibility index (Phi) is 72.8. The van der Waals surface area contributed by atoms with Crippen molar-refractivity contribution in [3.8, 4) is 40.2 Å². The van der Waals surface area contributed by atoms with Crippen LogP contribution >= 0.6 is 15.9 Å². The summed E-state index contributed by atoms with van der Waals surface area (Å²) < 4.78 is 24.9. The van der Waals surface area contributed by atoms with Crippen LogP contribution in [0.25, 0.3) is 0 Å². The maximum Gasteiger partial charge on any atom is 0.320 e. The van der Waals surface area contributed by atoms with Gasteiger partial charge < -0.3 is 77.6 Å². The van der Waals surface area contributed by atoms with Crippen LogP contribution in [0.3, 0.4) is 0 Å². The van der Waals surface area contributed by atoms with Crippen molar-refractivity contribution in [3.05, 3.63) is 200 Å². The second kappa shape index (κ2) is 79.8. The maximum atomic E-state index is 10.9. The average Bonchev–Trinajstić information content (AvgIpc) is 0.833. The minimum atomic E-state index is -1.06. The molecule has 5 unspecified atom stereocenters. The third-order valence-electron chi connectivity index (χ3n) is 28.6. The van der Waals surface area contributed by atoms with E-state index in [0.29, 0.717) is 30.2 Å². The van der Waals surface area contributed by atoms with E-state index in [9.17, 15) is 29.4 Å². The van der Waals surface area contributed by atoms with Gasteiger partial charge in [0.25, 0.3) is 0 Å². The molecule has 148 heavy (non-hydrogen) atoms. The number of carboxylic acid groups (broad SMARTS) is 4. The van der Waals surface area contributed by atoms with E-state index in [2.05, 4.69) is 140 Å². The first kappa shape index (κ1) is 135. The fourth-order valence-electron chi connectivity index (χ4n) is 20.1. The molecule has 19 nitrogen and oxygen atoms in total. The number of rotatable bonds is 46. The quantitative estimate of drug-likeness (QED) is 0.00555. The summed E-state index contributed by atoms with van der Waals surface area (Å²) in [7, 11) is 0. The fraction of sp³-hybridized carbons (Fsp3) is 0.627. The number of phenolic OH excluding ortho intramolecular Hbond substituents is 3. The van der Waals surface area contributed by atoms with Gasteiger partial charge in [-0.3, -0.25) is 19.2 Å². The van der Waals surface area contributed by atoms with Crippen LogP contribution in [0, 0.1) is 136 Å². The summed E-state index contributed by atoms with van der Waals surface area (Å²) in [5.74, 6) is 6.66. The summed E-state index contributed by atoms with van der Waals surface area (Å²) in [6.07, 6.45) is 61.2. The number of aromatic hydroxyl groups is 3. The molecule has 0 aromatic heterocycles. The molecule has 12 rings (SSSR count). The number of hydrogen-bond acceptors (Lipinski definition) is 15. The second-order valence-corrected chi connectivity index (χ2v) is 45.8. The van der Waals surface area contributed by atoms with Crippen molar-refractivity contribution in [1.29, 1.82) is 0 Å². The van der Waals surface area contributed by atoms with Gasteiger partial charge in [0.1, 0.15) is 52.3 Å². The van der Waals surface area contributed by atoms with E-state index < -0.39 is 36.0 Å². The van der Waals surface area contributed by atoms with Gasteiger partial charge in [-0.05, 0) is 313 Å². The van der Waals surface area contributed by atoms with E-state index in [1.165, 1.54) is 301 Å². The number of aryl methyl sites for hydroxylation is 6. The van der Waals surface area contributed by atoms with Gasteiger partial charge in [-0.15, -0.1) is 0 Å². The predicted molar refractivity (Wildman–Crippen MR) is 611 cm³/mol. The number of unbranched alkanes of at least 4 members (excludes halogenated alkanes) is 5. The molecule has 5 saturated carbocycles. The first-order chi connectivity index (χ1) is 70.2. The summed E-state index contributed by atoms with van der Waals surface area (Å²) >= 11 is 7.77. The van der Waals surface area contributed by atoms with Gasteiger partial charge >= 0.3 is 57.2 Å². The predicted octanol–water partition coefficient (Wildman–Crippen LogP) is 30.5. The molecule has 831 valence electrons. The Morgan fingerprint density at radius 1 is 0.318 bits per heavy atom. The molecule has 0 bridgehead atoms. The monoisotopic (exact) mass is 2280 g/mol. The first-order valence-corrected chi connectivity index (χ1v) is 58.0. The molecule has 7 aromatic rings. The van der Waals surface area contributed by atoms with Crippen molar-refractivity contribution in [3.63, 3.8) is 0 Å². The molecule has 15 N–H and O–H groups in total. The van der Waals surface area contributed by atoms with Crippen molar-refractivity contribution in [2.24, 2.45) is 70.5 Å². The third-order valence-corrected chi connectivity index (χ3v) is 29.1. The van der Waals surface area contributed by atoms with Gasteiger partial charge in [-0.25, -0.2) is 0 Å². The Balaban J connectivity index is 0.000000436. The number of aliphatic carboxylic acids is 4. The van der Waals surface area contributed by atoms with Crippen molar-refractivity contribution >= 4 is 50.0 Å². The largest absolute Gasteiger partial charge is 0.508 e. The molecule has 5 fully saturated rings. The number of nitrogen functional groups attached to an aromatic ring is 1. The Hall–Kier alpha value is -7.09. The van der Waals surface area contributed by atoms with Gasteiger partial charge in [0.2, 0.25) is 0 Å². The summed E-state index contributed by atoms with van der Waals surface area (Å²) in [5.41, 5.74) is 36.3. The summed E-state index contributed by atoms with van der Waals surface area (Å²) in [4.78, 5) is 42.5. The SMILES string of the molecule is BrCCCCC1CCCCC1.C[C](C)=[Ni].Cc1cc(CC(C)C(=O)O)ccc1O.Cc1cc(CC(C)C(=O)O)ccc1OCCCCC1CCCCC1.Cc1cc(CC(C)C)ccc1OCCCCC1CCCCC1.Cc1cc(CC(C)C)ccc1OCCCCC1CCCCC1.Cc1cc(CC(C)N)ccc1OCCCCC1CCCCC1.Cc1cc(CC(N)C(=O)O)ccc1O.Nc1cc(CC(N)C(=O)O)ccc1O.[Pr]. The van der Waals surface area contributed by atoms with E-state index in [-0.39, 0.29) is 94.9 Å². The number of hydrogen-bond donors (Lipinski definition) is 11. The number of nitrogens with two attached hydrogens (primary N) is 4. The number of carbonyl (C=O) groups is 4. The summed E-state index contributed by atoms with van der Waals surface area (Å²) in [6, 6.07) is 38.9. The molecular weight excluding hydrogens is 2090 g/mol. The van der Waals surface area contributed by atoms with E-state index in [1.54, 1.807) is 64.1 Å². The van der Waals surface area contributed by atoms with Crippen LogP contribution in [0.4, 0.5) is 5.69 Å². The number of anilines is 1. The normalized spacial score (nSPS) is 15.3. The summed E-state index contributed by atoms with van der Waals surface area (Å²) in [6.45, 7) is 33.8. The maximum absolute atomic E-state index is 10.9. The van der Waals surface area contributed by atoms with Gasteiger partial charge in [0, 0.05) is 52.7 Å². The number of halogens is 1. The van der Waals surface area contributed by atoms with E-state index in [1.807, 2.05) is 45.9 Å². The number of ether oxygens (including phenoxy) is 4. The van der Waals surface area contributed by atoms with Gasteiger partial charge in [-0.2, -0.15) is 0 Å². The summed E-state index contributed by atoms with van der Waals surface area (Å²) in [5, 5.41) is 63.7. The molecule has 22 heteroatoms. The van der Waals surface area contributed by atoms with Crippen molar-refractivity contribution < 1.29 is 130 Å². The molecule has 7 aromatic carbocycles. The molecule has 0 amide bonds. The number of carboxylic acids is 4. The fourth-order valence-corrected chi connectivity index (χ4v) is 20.5. The molecule has 0 saturated heterocycles. The minimum absolute atomic E-state index is 0. The van der Waals surface area contributed by atoms with Crippen molar-refractivity contribution in [2.45, 2.75) is 424 Å². The van der Waals surface area contributed by atoms with Crippen LogP contribution in [-0.2, 0) is 79.2 Å². The van der Waals surface area contributed by atoms with Gasteiger partial charge in [0.05, 0.1) is 44.0 Å². The number of alkyl halides is 1. The molecule has 5 aliphatic carbocycles. The zero-order valence-corrected chi connectivity index (χ0v) is 100. The van der Waals surface area contributed by atoms with E-state index in [0.717, 1.165) is 143 Å². The molecular formula is C126H197BrN4NiO15Pr. The van der Waals surface area contributed by atoms with Gasteiger partial charge in [-0.1, -0.05) is 335 Å². The zero-order valence-electron chi connectivity index (χ0n) is 93.8. The number of phenols is 3. The van der Waals surface area contributed by atoms with Crippen LogP contribution in [0.1, 0.15) is 391 Å². The van der Waals surface area contributed by atoms with E-state index in [4.69, 9.17) is 67.4 Å². The second-order valence-electron chi connectivity index (χ2n) is 44.0.